The van der Waals surface area contributed by atoms with Crippen molar-refractivity contribution in [3.05, 3.63) is 52.6 Å². The largest absolute Gasteiger partial charge is 0.324 e. The van der Waals surface area contributed by atoms with Gasteiger partial charge in [-0.15, -0.1) is 11.3 Å². The SMILES string of the molecule is N[C@@H](CCN1CC2CN(S(=O)(=O)c3c(Cl)nc4sccn34)CC2C1)c1ccccc1. The van der Waals surface area contributed by atoms with Gasteiger partial charge in [0.2, 0.25) is 0 Å². The molecule has 0 saturated carbocycles. The molecule has 3 aromatic rings. The molecule has 2 aliphatic rings. The fraction of sp³-hybridized carbons (Fsp3) is 0.450. The molecule has 1 aromatic carbocycles. The molecule has 2 saturated heterocycles. The van der Waals surface area contributed by atoms with E-state index in [9.17, 15) is 8.42 Å². The lowest BCUT2D eigenvalue weighted by Crippen LogP contribution is -2.34. The Morgan fingerprint density at radius 2 is 1.87 bits per heavy atom. The fourth-order valence-corrected chi connectivity index (χ4v) is 7.67. The highest BCUT2D eigenvalue weighted by Crippen LogP contribution is 2.36. The lowest BCUT2D eigenvalue weighted by Gasteiger charge is -2.22. The van der Waals surface area contributed by atoms with E-state index in [1.165, 1.54) is 11.3 Å². The van der Waals surface area contributed by atoms with Gasteiger partial charge < -0.3 is 10.6 Å². The van der Waals surface area contributed by atoms with E-state index in [-0.39, 0.29) is 16.2 Å². The molecule has 0 bridgehead atoms. The minimum atomic E-state index is -3.67. The maximum atomic E-state index is 13.3. The highest BCUT2D eigenvalue weighted by Gasteiger charge is 2.45. The maximum Gasteiger partial charge on any atom is 0.262 e. The Morgan fingerprint density at radius 3 is 2.57 bits per heavy atom. The third kappa shape index (κ3) is 3.57. The molecule has 0 spiro atoms. The van der Waals surface area contributed by atoms with Crippen molar-refractivity contribution in [3.8, 4) is 0 Å². The summed E-state index contributed by atoms with van der Waals surface area (Å²) in [6.45, 7) is 3.81. The van der Waals surface area contributed by atoms with E-state index >= 15 is 0 Å². The quantitative estimate of drug-likeness (QED) is 0.605. The number of aromatic nitrogens is 2. The molecule has 5 rings (SSSR count). The maximum absolute atomic E-state index is 13.3. The molecule has 3 atom stereocenters. The predicted molar refractivity (Wildman–Crippen MR) is 118 cm³/mol. The predicted octanol–water partition coefficient (Wildman–Crippen LogP) is 2.69. The molecule has 2 N–H and O–H groups in total. The van der Waals surface area contributed by atoms with Gasteiger partial charge in [0.25, 0.3) is 10.0 Å². The van der Waals surface area contributed by atoms with Crippen molar-refractivity contribution in [2.24, 2.45) is 17.6 Å². The van der Waals surface area contributed by atoms with E-state index in [1.807, 2.05) is 23.6 Å². The molecule has 2 unspecified atom stereocenters. The summed E-state index contributed by atoms with van der Waals surface area (Å²) in [6, 6.07) is 10.2. The molecule has 4 heterocycles. The van der Waals surface area contributed by atoms with Gasteiger partial charge in [-0.3, -0.25) is 4.40 Å². The second kappa shape index (κ2) is 7.89. The summed E-state index contributed by atoms with van der Waals surface area (Å²) < 4.78 is 29.7. The zero-order valence-corrected chi connectivity index (χ0v) is 18.8. The molecule has 0 radical (unpaired) electrons. The number of thiazole rings is 1. The van der Waals surface area contributed by atoms with Crippen LogP contribution in [0.1, 0.15) is 18.0 Å². The van der Waals surface area contributed by atoms with Crippen molar-refractivity contribution in [2.45, 2.75) is 17.5 Å². The van der Waals surface area contributed by atoms with Gasteiger partial charge in [0, 0.05) is 43.8 Å². The van der Waals surface area contributed by atoms with Gasteiger partial charge in [0.05, 0.1) is 0 Å². The molecule has 30 heavy (non-hydrogen) atoms. The Bertz CT molecular complexity index is 1130. The molecule has 0 amide bonds. The van der Waals surface area contributed by atoms with Crippen LogP contribution in [0.15, 0.2) is 46.9 Å². The summed E-state index contributed by atoms with van der Waals surface area (Å²) in [5.74, 6) is 0.690. The summed E-state index contributed by atoms with van der Waals surface area (Å²) in [5.41, 5.74) is 7.50. The van der Waals surface area contributed by atoms with E-state index in [4.69, 9.17) is 17.3 Å². The number of nitrogens with zero attached hydrogens (tertiary/aromatic N) is 4. The number of nitrogens with two attached hydrogens (primary N) is 1. The molecular formula is C20H24ClN5O2S2. The third-order valence-electron chi connectivity index (χ3n) is 6.28. The summed E-state index contributed by atoms with van der Waals surface area (Å²) in [4.78, 5) is 7.20. The van der Waals surface area contributed by atoms with Gasteiger partial charge in [0.1, 0.15) is 0 Å². The van der Waals surface area contributed by atoms with E-state index in [0.29, 0.717) is 29.9 Å². The van der Waals surface area contributed by atoms with Crippen LogP contribution in [0, 0.1) is 11.8 Å². The van der Waals surface area contributed by atoms with Gasteiger partial charge in [-0.25, -0.2) is 13.4 Å². The normalized spacial score (nSPS) is 23.9. The van der Waals surface area contributed by atoms with Crippen LogP contribution in [-0.2, 0) is 10.0 Å². The number of benzene rings is 1. The van der Waals surface area contributed by atoms with Crippen LogP contribution in [-0.4, -0.2) is 59.7 Å². The summed E-state index contributed by atoms with van der Waals surface area (Å²) >= 11 is 7.56. The zero-order valence-electron chi connectivity index (χ0n) is 16.4. The molecular weight excluding hydrogens is 442 g/mol. The molecule has 2 fully saturated rings. The molecule has 2 aromatic heterocycles. The van der Waals surface area contributed by atoms with Crippen LogP contribution in [0.5, 0.6) is 0 Å². The molecule has 10 heteroatoms. The number of imidazole rings is 1. The summed E-state index contributed by atoms with van der Waals surface area (Å²) in [6.07, 6.45) is 2.60. The second-order valence-corrected chi connectivity index (χ2v) is 11.3. The number of sulfonamides is 1. The number of rotatable bonds is 6. The van der Waals surface area contributed by atoms with Crippen LogP contribution in [0.2, 0.25) is 5.15 Å². The average Bonchev–Trinajstić information content (AvgIpc) is 3.46. The van der Waals surface area contributed by atoms with Crippen LogP contribution in [0.4, 0.5) is 0 Å². The first-order chi connectivity index (χ1) is 14.4. The molecule has 7 nitrogen and oxygen atoms in total. The van der Waals surface area contributed by atoms with Gasteiger partial charge >= 0.3 is 0 Å². The second-order valence-electron chi connectivity index (χ2n) is 8.17. The Kier molecular flexibility index (Phi) is 5.37. The van der Waals surface area contributed by atoms with Gasteiger partial charge in [-0.05, 0) is 30.4 Å². The highest BCUT2D eigenvalue weighted by atomic mass is 35.5. The van der Waals surface area contributed by atoms with Crippen molar-refractivity contribution in [3.63, 3.8) is 0 Å². The molecule has 160 valence electrons. The fourth-order valence-electron chi connectivity index (χ4n) is 4.71. The Balaban J connectivity index is 1.22. The smallest absolute Gasteiger partial charge is 0.262 e. The monoisotopic (exact) mass is 465 g/mol. The van der Waals surface area contributed by atoms with Gasteiger partial charge in [-0.1, -0.05) is 41.9 Å². The standard InChI is InChI=1S/C20H24ClN5O2S2/c21-18-19(26-8-9-29-20(26)23-18)30(27,28)25-12-15-10-24(11-16(15)13-25)7-6-17(22)14-4-2-1-3-5-14/h1-5,8-9,15-17H,6-7,10-13,22H2/t15?,16?,17-/m0/s1. The van der Waals surface area contributed by atoms with Crippen LogP contribution in [0.3, 0.4) is 0 Å². The van der Waals surface area contributed by atoms with Crippen LogP contribution in [0.25, 0.3) is 4.96 Å². The Morgan fingerprint density at radius 1 is 1.17 bits per heavy atom. The van der Waals surface area contributed by atoms with Crippen molar-refractivity contribution in [1.82, 2.24) is 18.6 Å². The number of likely N-dealkylation sites (tertiary alicyclic amines) is 1. The van der Waals surface area contributed by atoms with Crippen molar-refractivity contribution < 1.29 is 8.42 Å². The number of hydrogen-bond donors (Lipinski definition) is 1. The summed E-state index contributed by atoms with van der Waals surface area (Å²) in [5, 5.41) is 1.95. The number of halogens is 1. The topological polar surface area (TPSA) is 83.9 Å². The van der Waals surface area contributed by atoms with E-state index in [1.54, 1.807) is 14.9 Å². The molecule has 2 aliphatic heterocycles. The summed E-state index contributed by atoms with van der Waals surface area (Å²) in [7, 11) is -3.67. The number of hydrogen-bond acceptors (Lipinski definition) is 6. The van der Waals surface area contributed by atoms with E-state index in [0.717, 1.165) is 31.6 Å². The van der Waals surface area contributed by atoms with Gasteiger partial charge in [-0.2, -0.15) is 4.31 Å². The molecule has 0 aliphatic carbocycles. The van der Waals surface area contributed by atoms with Crippen LogP contribution >= 0.6 is 22.9 Å². The van der Waals surface area contributed by atoms with E-state index in [2.05, 4.69) is 22.0 Å². The number of fused-ring (bicyclic) bond motifs is 2. The lowest BCUT2D eigenvalue weighted by atomic mass is 10.0. The first-order valence-electron chi connectivity index (χ1n) is 10.1. The van der Waals surface area contributed by atoms with E-state index < -0.39 is 10.0 Å². The first kappa shape index (κ1) is 20.4. The Labute approximate surface area is 185 Å². The van der Waals surface area contributed by atoms with Crippen molar-refractivity contribution >= 4 is 37.9 Å². The van der Waals surface area contributed by atoms with Gasteiger partial charge in [0.15, 0.2) is 15.1 Å². The average molecular weight is 466 g/mol. The van der Waals surface area contributed by atoms with Crippen molar-refractivity contribution in [2.75, 3.05) is 32.7 Å². The van der Waals surface area contributed by atoms with Crippen molar-refractivity contribution in [1.29, 1.82) is 0 Å². The Hall–Kier alpha value is -1.49. The minimum Gasteiger partial charge on any atom is -0.324 e. The zero-order chi connectivity index (χ0) is 20.9. The minimum absolute atomic E-state index is 0.0283. The first-order valence-corrected chi connectivity index (χ1v) is 12.8. The highest BCUT2D eigenvalue weighted by molar-refractivity contribution is 7.89. The third-order valence-corrected chi connectivity index (χ3v) is 9.26. The van der Waals surface area contributed by atoms with Crippen LogP contribution < -0.4 is 5.73 Å². The lowest BCUT2D eigenvalue weighted by molar-refractivity contribution is 0.285.